The summed E-state index contributed by atoms with van der Waals surface area (Å²) in [5.41, 5.74) is 1.04. The Morgan fingerprint density at radius 3 is 2.40 bits per heavy atom. The minimum absolute atomic E-state index is 0.0596. The van der Waals surface area contributed by atoms with Crippen LogP contribution in [0.15, 0.2) is 71.6 Å². The maximum Gasteiger partial charge on any atom is 0.179 e. The largest absolute Gasteiger partial charge is 0.496 e. The smallest absolute Gasteiger partial charge is 0.179 e. The normalized spacial score (nSPS) is 11.6. The molecule has 0 aliphatic rings. The molecule has 3 aromatic carbocycles. The van der Waals surface area contributed by atoms with Crippen molar-refractivity contribution in [3.8, 4) is 5.75 Å². The number of benzene rings is 3. The predicted molar refractivity (Wildman–Crippen MR) is 101 cm³/mol. The molecule has 0 atom stereocenters. The Hall–Kier alpha value is -2.37. The zero-order valence-corrected chi connectivity index (χ0v) is 14.9. The summed E-state index contributed by atoms with van der Waals surface area (Å²) in [5, 5.41) is 5.48. The summed E-state index contributed by atoms with van der Waals surface area (Å²) in [5.74, 6) is 0.863. The Morgan fingerprint density at radius 1 is 0.920 bits per heavy atom. The Balaban J connectivity index is 1.69. The lowest BCUT2D eigenvalue weighted by Crippen LogP contribution is -2.23. The van der Waals surface area contributed by atoms with Crippen LogP contribution in [0.1, 0.15) is 5.56 Å². The lowest BCUT2D eigenvalue weighted by atomic mass is 10.0. The van der Waals surface area contributed by atoms with Crippen molar-refractivity contribution in [2.75, 3.05) is 19.4 Å². The number of hydrogen-bond acceptors (Lipinski definition) is 4. The molecule has 0 amide bonds. The second-order valence-corrected chi connectivity index (χ2v) is 7.89. The molecule has 0 aliphatic heterocycles. The topological polar surface area (TPSA) is 55.4 Å². The van der Waals surface area contributed by atoms with E-state index in [0.717, 1.165) is 22.1 Å². The number of methoxy groups -OCH3 is 1. The fourth-order valence-corrected chi connectivity index (χ4v) is 4.08. The maximum atomic E-state index is 12.3. The van der Waals surface area contributed by atoms with Gasteiger partial charge in [0.2, 0.25) is 0 Å². The van der Waals surface area contributed by atoms with E-state index in [1.807, 2.05) is 30.3 Å². The molecule has 0 bridgehead atoms. The predicted octanol–water partition coefficient (Wildman–Crippen LogP) is 3.41. The fourth-order valence-electron chi connectivity index (χ4n) is 2.86. The first-order valence-electron chi connectivity index (χ1n) is 8.15. The van der Waals surface area contributed by atoms with Crippen LogP contribution in [0.5, 0.6) is 5.75 Å². The van der Waals surface area contributed by atoms with Crippen LogP contribution >= 0.6 is 0 Å². The van der Waals surface area contributed by atoms with E-state index in [1.165, 1.54) is 0 Å². The highest BCUT2D eigenvalue weighted by atomic mass is 32.2. The lowest BCUT2D eigenvalue weighted by Gasteiger charge is -2.13. The van der Waals surface area contributed by atoms with Crippen molar-refractivity contribution in [1.29, 1.82) is 0 Å². The van der Waals surface area contributed by atoms with Gasteiger partial charge >= 0.3 is 0 Å². The van der Waals surface area contributed by atoms with Gasteiger partial charge in [0.1, 0.15) is 5.75 Å². The van der Waals surface area contributed by atoms with Gasteiger partial charge in [0.25, 0.3) is 0 Å². The third-order valence-corrected chi connectivity index (χ3v) is 5.90. The number of hydrogen-bond donors (Lipinski definition) is 1. The third-order valence-electron chi connectivity index (χ3n) is 4.17. The summed E-state index contributed by atoms with van der Waals surface area (Å²) in [6.45, 7) is 0.929. The second kappa shape index (κ2) is 7.68. The molecule has 25 heavy (non-hydrogen) atoms. The molecule has 0 aromatic heterocycles. The standard InChI is InChI=1S/C20H21NO3S/c1-24-20-12-11-16-7-5-6-10-18(16)19(20)15-21-13-14-25(22,23)17-8-3-2-4-9-17/h2-12,21H,13-15H2,1H3. The monoisotopic (exact) mass is 355 g/mol. The van der Waals surface area contributed by atoms with Crippen LogP contribution in [-0.4, -0.2) is 27.8 Å². The molecule has 0 aliphatic carbocycles. The van der Waals surface area contributed by atoms with Crippen molar-refractivity contribution in [2.24, 2.45) is 0 Å². The Morgan fingerprint density at radius 2 is 1.64 bits per heavy atom. The van der Waals surface area contributed by atoms with Gasteiger partial charge in [0, 0.05) is 18.7 Å². The Labute approximate surface area is 148 Å². The van der Waals surface area contributed by atoms with Gasteiger partial charge in [-0.1, -0.05) is 48.5 Å². The molecular weight excluding hydrogens is 334 g/mol. The average molecular weight is 355 g/mol. The average Bonchev–Trinajstić information content (AvgIpc) is 2.65. The highest BCUT2D eigenvalue weighted by Crippen LogP contribution is 2.27. The van der Waals surface area contributed by atoms with Crippen molar-refractivity contribution in [1.82, 2.24) is 5.32 Å². The van der Waals surface area contributed by atoms with Crippen LogP contribution in [0.25, 0.3) is 10.8 Å². The molecule has 0 saturated carbocycles. The van der Waals surface area contributed by atoms with Crippen molar-refractivity contribution >= 4 is 20.6 Å². The van der Waals surface area contributed by atoms with Gasteiger partial charge in [-0.3, -0.25) is 0 Å². The quantitative estimate of drug-likeness (QED) is 0.660. The van der Waals surface area contributed by atoms with Gasteiger partial charge in [-0.2, -0.15) is 0 Å². The van der Waals surface area contributed by atoms with Crippen LogP contribution in [-0.2, 0) is 16.4 Å². The summed E-state index contributed by atoms with van der Waals surface area (Å²) < 4.78 is 30.1. The Bertz CT molecular complexity index is 953. The molecule has 130 valence electrons. The van der Waals surface area contributed by atoms with Gasteiger partial charge < -0.3 is 10.1 Å². The maximum absolute atomic E-state index is 12.3. The summed E-state index contributed by atoms with van der Waals surface area (Å²) in [6, 6.07) is 20.6. The van der Waals surface area contributed by atoms with Crippen molar-refractivity contribution in [3.63, 3.8) is 0 Å². The van der Waals surface area contributed by atoms with Gasteiger partial charge in [-0.15, -0.1) is 0 Å². The molecular formula is C20H21NO3S. The number of fused-ring (bicyclic) bond motifs is 1. The third kappa shape index (κ3) is 4.00. The van der Waals surface area contributed by atoms with Crippen LogP contribution in [0.2, 0.25) is 0 Å². The van der Waals surface area contributed by atoms with E-state index < -0.39 is 9.84 Å². The highest BCUT2D eigenvalue weighted by molar-refractivity contribution is 7.91. The summed E-state index contributed by atoms with van der Waals surface area (Å²) >= 11 is 0. The molecule has 0 fully saturated rings. The molecule has 3 aromatic rings. The first-order chi connectivity index (χ1) is 12.1. The molecule has 0 radical (unpaired) electrons. The molecule has 1 N–H and O–H groups in total. The van der Waals surface area contributed by atoms with E-state index in [2.05, 4.69) is 17.4 Å². The SMILES string of the molecule is COc1ccc2ccccc2c1CNCCS(=O)(=O)c1ccccc1. The van der Waals surface area contributed by atoms with Gasteiger partial charge in [0.05, 0.1) is 17.8 Å². The zero-order chi connectivity index (χ0) is 17.7. The number of rotatable bonds is 7. The van der Waals surface area contributed by atoms with Crippen molar-refractivity contribution in [2.45, 2.75) is 11.4 Å². The number of nitrogens with one attached hydrogen (secondary N) is 1. The minimum Gasteiger partial charge on any atom is -0.496 e. The van der Waals surface area contributed by atoms with Crippen LogP contribution in [0.3, 0.4) is 0 Å². The molecule has 0 heterocycles. The number of ether oxygens (including phenoxy) is 1. The summed E-state index contributed by atoms with van der Waals surface area (Å²) in [7, 11) is -1.62. The van der Waals surface area contributed by atoms with Crippen molar-refractivity contribution in [3.05, 3.63) is 72.3 Å². The summed E-state index contributed by atoms with van der Waals surface area (Å²) in [6.07, 6.45) is 0. The van der Waals surface area contributed by atoms with E-state index in [9.17, 15) is 8.42 Å². The molecule has 0 spiro atoms. The molecule has 0 unspecified atom stereocenters. The van der Waals surface area contributed by atoms with Crippen LogP contribution in [0, 0.1) is 0 Å². The van der Waals surface area contributed by atoms with Crippen LogP contribution in [0.4, 0.5) is 0 Å². The molecule has 0 saturated heterocycles. The van der Waals surface area contributed by atoms with Crippen molar-refractivity contribution < 1.29 is 13.2 Å². The van der Waals surface area contributed by atoms with E-state index in [4.69, 9.17) is 4.74 Å². The summed E-state index contributed by atoms with van der Waals surface area (Å²) in [4.78, 5) is 0.361. The van der Waals surface area contributed by atoms with Gasteiger partial charge in [0.15, 0.2) is 9.84 Å². The van der Waals surface area contributed by atoms with Gasteiger partial charge in [-0.05, 0) is 29.0 Å². The first kappa shape index (κ1) is 17.5. The zero-order valence-electron chi connectivity index (χ0n) is 14.1. The molecule has 5 heteroatoms. The highest BCUT2D eigenvalue weighted by Gasteiger charge is 2.14. The number of sulfone groups is 1. The fraction of sp³-hybridized carbons (Fsp3) is 0.200. The van der Waals surface area contributed by atoms with Gasteiger partial charge in [-0.25, -0.2) is 8.42 Å². The van der Waals surface area contributed by atoms with E-state index in [-0.39, 0.29) is 5.75 Å². The van der Waals surface area contributed by atoms with E-state index >= 15 is 0 Å². The van der Waals surface area contributed by atoms with E-state index in [1.54, 1.807) is 31.4 Å². The molecule has 3 rings (SSSR count). The first-order valence-corrected chi connectivity index (χ1v) is 9.80. The lowest BCUT2D eigenvalue weighted by molar-refractivity contribution is 0.409. The molecule has 4 nitrogen and oxygen atoms in total. The van der Waals surface area contributed by atoms with E-state index in [0.29, 0.717) is 18.0 Å². The minimum atomic E-state index is -3.27. The Kier molecular flexibility index (Phi) is 5.36. The second-order valence-electron chi connectivity index (χ2n) is 5.78. The van der Waals surface area contributed by atoms with Crippen LogP contribution < -0.4 is 10.1 Å².